The van der Waals surface area contributed by atoms with Gasteiger partial charge in [-0.1, -0.05) is 17.7 Å². The number of thiophene rings is 1. The van der Waals surface area contributed by atoms with E-state index >= 15 is 0 Å². The van der Waals surface area contributed by atoms with Crippen LogP contribution in [-0.4, -0.2) is 52.4 Å². The molecule has 2 fully saturated rings. The first-order valence-corrected chi connectivity index (χ1v) is 13.0. The predicted molar refractivity (Wildman–Crippen MR) is 138 cm³/mol. The van der Waals surface area contributed by atoms with E-state index in [0.717, 1.165) is 12.8 Å². The quantitative estimate of drug-likeness (QED) is 0.517. The van der Waals surface area contributed by atoms with Gasteiger partial charge in [0.1, 0.15) is 0 Å². The van der Waals surface area contributed by atoms with Gasteiger partial charge in [-0.25, -0.2) is 0 Å². The Hall–Kier alpha value is -3.43. The summed E-state index contributed by atoms with van der Waals surface area (Å²) in [5.74, 6) is -0.369. The van der Waals surface area contributed by atoms with Crippen molar-refractivity contribution in [3.05, 3.63) is 85.9 Å². The highest BCUT2D eigenvalue weighted by atomic mass is 35.5. The zero-order chi connectivity index (χ0) is 25.2. The van der Waals surface area contributed by atoms with Gasteiger partial charge in [-0.2, -0.15) is 0 Å². The number of benzene rings is 1. The number of hydrogen-bond acceptors (Lipinski definition) is 5. The molecule has 186 valence electrons. The molecule has 3 heterocycles. The molecule has 1 aliphatic carbocycles. The Morgan fingerprint density at radius 2 is 1.64 bits per heavy atom. The van der Waals surface area contributed by atoms with Gasteiger partial charge in [0.25, 0.3) is 17.4 Å². The second kappa shape index (κ2) is 10.3. The molecule has 10 heteroatoms. The SMILES string of the molecule is O=C(N[C@H]1CCN(C(=O)C2CC2)C[C@H]1NC(=O)c1ccc(Cl)s1)c1ccc(-n2ccccc2=O)cc1. The molecule has 0 bridgehead atoms. The van der Waals surface area contributed by atoms with E-state index in [1.165, 1.54) is 22.0 Å². The molecule has 1 aromatic carbocycles. The van der Waals surface area contributed by atoms with Crippen LogP contribution in [0.5, 0.6) is 0 Å². The van der Waals surface area contributed by atoms with Gasteiger partial charge in [0, 0.05) is 42.5 Å². The van der Waals surface area contributed by atoms with Crippen molar-refractivity contribution in [2.24, 2.45) is 5.92 Å². The van der Waals surface area contributed by atoms with Crippen LogP contribution in [0.3, 0.4) is 0 Å². The van der Waals surface area contributed by atoms with Crippen molar-refractivity contribution >= 4 is 40.7 Å². The lowest BCUT2D eigenvalue weighted by Gasteiger charge is -2.39. The van der Waals surface area contributed by atoms with Crippen LogP contribution in [0.25, 0.3) is 5.69 Å². The van der Waals surface area contributed by atoms with Gasteiger partial charge in [-0.05, 0) is 61.7 Å². The summed E-state index contributed by atoms with van der Waals surface area (Å²) < 4.78 is 2.01. The van der Waals surface area contributed by atoms with E-state index in [2.05, 4.69) is 10.6 Å². The van der Waals surface area contributed by atoms with Crippen molar-refractivity contribution in [2.75, 3.05) is 13.1 Å². The van der Waals surface area contributed by atoms with E-state index in [1.807, 2.05) is 0 Å². The Morgan fingerprint density at radius 3 is 2.31 bits per heavy atom. The van der Waals surface area contributed by atoms with Crippen LogP contribution < -0.4 is 16.2 Å². The van der Waals surface area contributed by atoms with E-state index < -0.39 is 6.04 Å². The highest BCUT2D eigenvalue weighted by molar-refractivity contribution is 7.18. The van der Waals surface area contributed by atoms with Gasteiger partial charge in [-0.15, -0.1) is 11.3 Å². The molecular weight excluding hydrogens is 500 g/mol. The predicted octanol–water partition coefficient (Wildman–Crippen LogP) is 3.09. The van der Waals surface area contributed by atoms with Crippen molar-refractivity contribution < 1.29 is 14.4 Å². The third-order valence-corrected chi connectivity index (χ3v) is 7.74. The minimum atomic E-state index is -0.444. The summed E-state index contributed by atoms with van der Waals surface area (Å²) in [6, 6.07) is 14.2. The molecule has 36 heavy (non-hydrogen) atoms. The van der Waals surface area contributed by atoms with E-state index in [-0.39, 0.29) is 35.2 Å². The summed E-state index contributed by atoms with van der Waals surface area (Å²) in [5.41, 5.74) is 0.936. The maximum atomic E-state index is 13.1. The lowest BCUT2D eigenvalue weighted by atomic mass is 9.97. The first kappa shape index (κ1) is 24.3. The van der Waals surface area contributed by atoms with E-state index in [0.29, 0.717) is 40.0 Å². The molecular formula is C26H25ClN4O4S. The van der Waals surface area contributed by atoms with Gasteiger partial charge in [0.2, 0.25) is 5.91 Å². The molecule has 0 spiro atoms. The smallest absolute Gasteiger partial charge is 0.261 e. The number of piperidine rings is 1. The van der Waals surface area contributed by atoms with Gasteiger partial charge in [0.05, 0.1) is 21.3 Å². The van der Waals surface area contributed by atoms with Crippen molar-refractivity contribution in [1.29, 1.82) is 0 Å². The fourth-order valence-corrected chi connectivity index (χ4v) is 5.35. The van der Waals surface area contributed by atoms with Crippen molar-refractivity contribution in [2.45, 2.75) is 31.3 Å². The van der Waals surface area contributed by atoms with E-state index in [4.69, 9.17) is 11.6 Å². The summed E-state index contributed by atoms with van der Waals surface area (Å²) >= 11 is 7.17. The molecule has 0 unspecified atom stereocenters. The zero-order valence-corrected chi connectivity index (χ0v) is 20.9. The topological polar surface area (TPSA) is 101 Å². The normalized spacial score (nSPS) is 19.5. The number of nitrogens with one attached hydrogen (secondary N) is 2. The summed E-state index contributed by atoms with van der Waals surface area (Å²) in [6.07, 6.45) is 4.01. The lowest BCUT2D eigenvalue weighted by molar-refractivity contribution is -0.134. The molecule has 2 atom stereocenters. The Labute approximate surface area is 216 Å². The minimum absolute atomic E-state index is 0.0826. The fraction of sp³-hybridized carbons (Fsp3) is 0.308. The number of carbonyl (C=O) groups excluding carboxylic acids is 3. The Morgan fingerprint density at radius 1 is 0.889 bits per heavy atom. The molecule has 1 saturated carbocycles. The van der Waals surface area contributed by atoms with Gasteiger partial charge < -0.3 is 15.5 Å². The number of likely N-dealkylation sites (tertiary alicyclic amines) is 1. The second-order valence-electron chi connectivity index (χ2n) is 9.07. The van der Waals surface area contributed by atoms with Gasteiger partial charge in [-0.3, -0.25) is 23.7 Å². The summed E-state index contributed by atoms with van der Waals surface area (Å²) in [7, 11) is 0. The van der Waals surface area contributed by atoms with Crippen molar-refractivity contribution in [3.8, 4) is 5.69 Å². The molecule has 2 N–H and O–H groups in total. The fourth-order valence-electron chi connectivity index (χ4n) is 4.40. The average molecular weight is 525 g/mol. The summed E-state index contributed by atoms with van der Waals surface area (Å²) in [5, 5.41) is 6.04. The number of aromatic nitrogens is 1. The molecule has 8 nitrogen and oxygen atoms in total. The molecule has 2 aromatic heterocycles. The third kappa shape index (κ3) is 5.37. The third-order valence-electron chi connectivity index (χ3n) is 6.51. The van der Waals surface area contributed by atoms with Crippen LogP contribution >= 0.6 is 22.9 Å². The highest BCUT2D eigenvalue weighted by Crippen LogP contribution is 2.32. The number of rotatable bonds is 6. The van der Waals surface area contributed by atoms with Gasteiger partial charge >= 0.3 is 0 Å². The van der Waals surface area contributed by atoms with Crippen molar-refractivity contribution in [1.82, 2.24) is 20.1 Å². The van der Waals surface area contributed by atoms with E-state index in [9.17, 15) is 19.2 Å². The average Bonchev–Trinajstić information content (AvgIpc) is 3.64. The van der Waals surface area contributed by atoms with Crippen LogP contribution in [-0.2, 0) is 4.79 Å². The minimum Gasteiger partial charge on any atom is -0.347 e. The van der Waals surface area contributed by atoms with Crippen LogP contribution in [0, 0.1) is 5.92 Å². The maximum absolute atomic E-state index is 13.1. The first-order chi connectivity index (χ1) is 17.4. The van der Waals surface area contributed by atoms with Crippen LogP contribution in [0.15, 0.2) is 65.6 Å². The molecule has 0 radical (unpaired) electrons. The molecule has 3 aromatic rings. The number of nitrogens with zero attached hydrogens (tertiary/aromatic N) is 2. The summed E-state index contributed by atoms with van der Waals surface area (Å²) in [6.45, 7) is 0.855. The Bertz CT molecular complexity index is 1350. The van der Waals surface area contributed by atoms with Crippen LogP contribution in [0.4, 0.5) is 0 Å². The summed E-state index contributed by atoms with van der Waals surface area (Å²) in [4.78, 5) is 52.9. The zero-order valence-electron chi connectivity index (χ0n) is 19.4. The Kier molecular flexibility index (Phi) is 6.93. The molecule has 3 amide bonds. The van der Waals surface area contributed by atoms with E-state index in [1.54, 1.807) is 59.6 Å². The number of pyridine rings is 1. The van der Waals surface area contributed by atoms with Crippen molar-refractivity contribution in [3.63, 3.8) is 0 Å². The second-order valence-corrected chi connectivity index (χ2v) is 10.8. The molecule has 5 rings (SSSR count). The largest absolute Gasteiger partial charge is 0.347 e. The number of halogens is 1. The number of amides is 3. The van der Waals surface area contributed by atoms with Gasteiger partial charge in [0.15, 0.2) is 0 Å². The first-order valence-electron chi connectivity index (χ1n) is 11.8. The Balaban J connectivity index is 1.30. The monoisotopic (exact) mass is 524 g/mol. The number of hydrogen-bond donors (Lipinski definition) is 2. The van der Waals surface area contributed by atoms with Crippen LogP contribution in [0.1, 0.15) is 39.3 Å². The molecule has 1 saturated heterocycles. The standard InChI is InChI=1S/C26H25ClN4O4S/c27-22-11-10-21(36-22)25(34)29-20-15-30(26(35)17-4-5-17)14-12-19(20)28-24(33)16-6-8-18(9-7-16)31-13-2-1-3-23(31)32/h1-3,6-11,13,17,19-20H,4-5,12,14-15H2,(H,28,33)(H,29,34)/t19-,20+/m0/s1. The highest BCUT2D eigenvalue weighted by Gasteiger charge is 2.39. The lowest BCUT2D eigenvalue weighted by Crippen LogP contribution is -2.61. The molecule has 2 aliphatic rings. The molecule has 1 aliphatic heterocycles. The van der Waals surface area contributed by atoms with Crippen LogP contribution in [0.2, 0.25) is 4.34 Å². The number of carbonyl (C=O) groups is 3. The maximum Gasteiger partial charge on any atom is 0.261 e.